The van der Waals surface area contributed by atoms with E-state index in [0.717, 1.165) is 18.8 Å². The molecule has 1 aliphatic rings. The maximum absolute atomic E-state index is 12.9. The van der Waals surface area contributed by atoms with Crippen LogP contribution in [0.3, 0.4) is 0 Å². The fraction of sp³-hybridized carbons (Fsp3) is 0.286. The molecule has 1 aromatic heterocycles. The van der Waals surface area contributed by atoms with Crippen molar-refractivity contribution >= 4 is 11.5 Å². The van der Waals surface area contributed by atoms with Crippen molar-refractivity contribution in [3.8, 4) is 0 Å². The number of aromatic nitrogens is 2. The normalized spacial score (nSPS) is 15.3. The van der Waals surface area contributed by atoms with E-state index in [1.54, 1.807) is 12.1 Å². The summed E-state index contributed by atoms with van der Waals surface area (Å²) in [4.78, 5) is 31.5. The molecule has 0 spiro atoms. The van der Waals surface area contributed by atoms with Gasteiger partial charge in [0.2, 0.25) is 0 Å². The van der Waals surface area contributed by atoms with Gasteiger partial charge in [0.05, 0.1) is 0 Å². The minimum atomic E-state index is -0.501. The SMILES string of the molecule is O=c1cc(N2CCN(c3ccc(F)cc3)CC2)[nH]c(=O)[nH]1. The third-order valence-electron chi connectivity index (χ3n) is 3.56. The molecule has 0 saturated carbocycles. The van der Waals surface area contributed by atoms with Gasteiger partial charge in [-0.2, -0.15) is 0 Å². The first-order chi connectivity index (χ1) is 10.1. The average molecular weight is 290 g/mol. The molecule has 0 unspecified atom stereocenters. The predicted molar refractivity (Wildman–Crippen MR) is 78.5 cm³/mol. The molecule has 6 nitrogen and oxygen atoms in total. The van der Waals surface area contributed by atoms with E-state index in [1.165, 1.54) is 18.2 Å². The van der Waals surface area contributed by atoms with Crippen LogP contribution in [0.5, 0.6) is 0 Å². The summed E-state index contributed by atoms with van der Waals surface area (Å²) in [5.41, 5.74) is 0.0589. The number of nitrogens with one attached hydrogen (secondary N) is 2. The molecule has 2 heterocycles. The van der Waals surface area contributed by atoms with Gasteiger partial charge in [0.15, 0.2) is 0 Å². The standard InChI is InChI=1S/C14H15FN4O2/c15-10-1-3-11(4-2-10)18-5-7-19(8-6-18)12-9-13(20)17-14(21)16-12/h1-4,9H,5-8H2,(H2,16,17,20,21). The summed E-state index contributed by atoms with van der Waals surface area (Å²) < 4.78 is 12.9. The van der Waals surface area contributed by atoms with E-state index in [9.17, 15) is 14.0 Å². The van der Waals surface area contributed by atoms with Gasteiger partial charge in [-0.1, -0.05) is 0 Å². The van der Waals surface area contributed by atoms with Crippen LogP contribution in [0.15, 0.2) is 39.9 Å². The lowest BCUT2D eigenvalue weighted by Gasteiger charge is -2.36. The molecule has 2 N–H and O–H groups in total. The average Bonchev–Trinajstić information content (AvgIpc) is 2.47. The fourth-order valence-electron chi connectivity index (χ4n) is 2.48. The van der Waals surface area contributed by atoms with Crippen LogP contribution >= 0.6 is 0 Å². The zero-order valence-corrected chi connectivity index (χ0v) is 11.3. The molecule has 0 bridgehead atoms. The van der Waals surface area contributed by atoms with E-state index in [-0.39, 0.29) is 5.82 Å². The second-order valence-corrected chi connectivity index (χ2v) is 4.92. The highest BCUT2D eigenvalue weighted by atomic mass is 19.1. The molecule has 1 aromatic carbocycles. The highest BCUT2D eigenvalue weighted by Crippen LogP contribution is 2.18. The van der Waals surface area contributed by atoms with Crippen molar-refractivity contribution in [2.75, 3.05) is 36.0 Å². The predicted octanol–water partition coefficient (Wildman–Crippen LogP) is 0.529. The van der Waals surface area contributed by atoms with Crippen molar-refractivity contribution in [3.05, 3.63) is 57.0 Å². The third kappa shape index (κ3) is 2.96. The van der Waals surface area contributed by atoms with E-state index in [0.29, 0.717) is 18.9 Å². The maximum atomic E-state index is 12.9. The minimum absolute atomic E-state index is 0.251. The molecular weight excluding hydrogens is 275 g/mol. The first-order valence-corrected chi connectivity index (χ1v) is 6.71. The van der Waals surface area contributed by atoms with Crippen LogP contribution in [0.25, 0.3) is 0 Å². The summed E-state index contributed by atoms with van der Waals surface area (Å²) in [5, 5.41) is 0. The molecule has 0 amide bonds. The van der Waals surface area contributed by atoms with E-state index in [2.05, 4.69) is 14.9 Å². The zero-order valence-electron chi connectivity index (χ0n) is 11.3. The smallest absolute Gasteiger partial charge is 0.327 e. The Morgan fingerprint density at radius 2 is 1.52 bits per heavy atom. The number of halogens is 1. The number of aromatic amines is 2. The Balaban J connectivity index is 1.71. The van der Waals surface area contributed by atoms with E-state index in [4.69, 9.17) is 0 Å². The van der Waals surface area contributed by atoms with Gasteiger partial charge in [-0.15, -0.1) is 0 Å². The van der Waals surface area contributed by atoms with Crippen LogP contribution in [0.2, 0.25) is 0 Å². The summed E-state index contributed by atoms with van der Waals surface area (Å²) in [6.45, 7) is 2.83. The van der Waals surface area contributed by atoms with E-state index in [1.807, 2.05) is 4.90 Å². The summed E-state index contributed by atoms with van der Waals surface area (Å²) in [6, 6.07) is 7.76. The Bertz CT molecular complexity index is 701. The van der Waals surface area contributed by atoms with Crippen LogP contribution in [0, 0.1) is 5.82 Å². The summed E-state index contributed by atoms with van der Waals surface area (Å²) in [5.74, 6) is 0.279. The Morgan fingerprint density at radius 3 is 2.14 bits per heavy atom. The highest BCUT2D eigenvalue weighted by molar-refractivity contribution is 5.49. The van der Waals surface area contributed by atoms with E-state index < -0.39 is 11.2 Å². The van der Waals surface area contributed by atoms with Crippen molar-refractivity contribution in [2.24, 2.45) is 0 Å². The number of hydrogen-bond donors (Lipinski definition) is 2. The van der Waals surface area contributed by atoms with Crippen molar-refractivity contribution in [1.29, 1.82) is 0 Å². The molecule has 1 saturated heterocycles. The second-order valence-electron chi connectivity index (χ2n) is 4.92. The van der Waals surface area contributed by atoms with Gasteiger partial charge in [-0.25, -0.2) is 9.18 Å². The third-order valence-corrected chi connectivity index (χ3v) is 3.56. The van der Waals surface area contributed by atoms with Crippen LogP contribution in [-0.2, 0) is 0 Å². The van der Waals surface area contributed by atoms with Crippen LogP contribution in [0.1, 0.15) is 0 Å². The molecule has 1 fully saturated rings. The van der Waals surface area contributed by atoms with Crippen LogP contribution < -0.4 is 21.0 Å². The van der Waals surface area contributed by atoms with Gasteiger partial charge in [0.1, 0.15) is 11.6 Å². The first-order valence-electron chi connectivity index (χ1n) is 6.71. The number of nitrogens with zero attached hydrogens (tertiary/aromatic N) is 2. The summed E-state index contributed by atoms with van der Waals surface area (Å²) in [7, 11) is 0. The van der Waals surface area contributed by atoms with Gasteiger partial charge < -0.3 is 9.80 Å². The Labute approximate surface area is 119 Å². The number of anilines is 2. The quantitative estimate of drug-likeness (QED) is 0.846. The summed E-state index contributed by atoms with van der Waals surface area (Å²) >= 11 is 0. The minimum Gasteiger partial charge on any atom is -0.368 e. The Kier molecular flexibility index (Phi) is 3.47. The second kappa shape index (κ2) is 5.43. The summed E-state index contributed by atoms with van der Waals surface area (Å²) in [6.07, 6.45) is 0. The molecule has 0 atom stereocenters. The number of hydrogen-bond acceptors (Lipinski definition) is 4. The molecule has 2 aromatic rings. The first kappa shape index (κ1) is 13.4. The lowest BCUT2D eigenvalue weighted by atomic mass is 10.2. The fourth-order valence-corrected chi connectivity index (χ4v) is 2.48. The van der Waals surface area contributed by atoms with Gasteiger partial charge in [-0.3, -0.25) is 14.8 Å². The molecule has 1 aliphatic heterocycles. The lowest BCUT2D eigenvalue weighted by Crippen LogP contribution is -2.47. The zero-order chi connectivity index (χ0) is 14.8. The largest absolute Gasteiger partial charge is 0.368 e. The van der Waals surface area contributed by atoms with Gasteiger partial charge in [0, 0.05) is 37.9 Å². The number of benzene rings is 1. The molecule has 21 heavy (non-hydrogen) atoms. The molecule has 3 rings (SSSR count). The van der Waals surface area contributed by atoms with Gasteiger partial charge >= 0.3 is 5.69 Å². The molecule has 110 valence electrons. The van der Waals surface area contributed by atoms with E-state index >= 15 is 0 Å². The van der Waals surface area contributed by atoms with Crippen molar-refractivity contribution in [1.82, 2.24) is 9.97 Å². The maximum Gasteiger partial charge on any atom is 0.327 e. The van der Waals surface area contributed by atoms with Crippen molar-refractivity contribution in [3.63, 3.8) is 0 Å². The van der Waals surface area contributed by atoms with Crippen molar-refractivity contribution < 1.29 is 4.39 Å². The Hall–Kier alpha value is -2.57. The molecule has 0 aliphatic carbocycles. The Morgan fingerprint density at radius 1 is 0.905 bits per heavy atom. The highest BCUT2D eigenvalue weighted by Gasteiger charge is 2.18. The van der Waals surface area contributed by atoms with Crippen LogP contribution in [0.4, 0.5) is 15.9 Å². The number of H-pyrrole nitrogens is 2. The molecule has 0 radical (unpaired) electrons. The van der Waals surface area contributed by atoms with Gasteiger partial charge in [-0.05, 0) is 24.3 Å². The van der Waals surface area contributed by atoms with Crippen molar-refractivity contribution in [2.45, 2.75) is 0 Å². The topological polar surface area (TPSA) is 72.2 Å². The lowest BCUT2D eigenvalue weighted by molar-refractivity contribution is 0.624. The van der Waals surface area contributed by atoms with Crippen LogP contribution in [-0.4, -0.2) is 36.1 Å². The monoisotopic (exact) mass is 290 g/mol. The van der Waals surface area contributed by atoms with Gasteiger partial charge in [0.25, 0.3) is 5.56 Å². The molecule has 7 heteroatoms. The number of piperazine rings is 1. The molecular formula is C14H15FN4O2. The number of rotatable bonds is 2.